The van der Waals surface area contributed by atoms with Gasteiger partial charge >= 0.3 is 0 Å². The van der Waals surface area contributed by atoms with Crippen LogP contribution in [0, 0.1) is 6.92 Å². The predicted octanol–water partition coefficient (Wildman–Crippen LogP) is 2.51. The molecular weight excluding hydrogens is 294 g/mol. The Kier molecular flexibility index (Phi) is 4.43. The summed E-state index contributed by atoms with van der Waals surface area (Å²) in [5.74, 6) is 0.145. The van der Waals surface area contributed by atoms with Gasteiger partial charge in [-0.25, -0.2) is 0 Å². The summed E-state index contributed by atoms with van der Waals surface area (Å²) in [5, 5.41) is 5.20. The van der Waals surface area contributed by atoms with Gasteiger partial charge in [0.15, 0.2) is 0 Å². The van der Waals surface area contributed by atoms with Gasteiger partial charge in [0, 0.05) is 31.2 Å². The zero-order chi connectivity index (χ0) is 13.1. The van der Waals surface area contributed by atoms with Crippen LogP contribution < -0.4 is 0 Å². The number of halogens is 1. The van der Waals surface area contributed by atoms with Gasteiger partial charge in [0.1, 0.15) is 0 Å². The molecule has 0 aromatic carbocycles. The maximum absolute atomic E-state index is 12.6. The van der Waals surface area contributed by atoms with Crippen LogP contribution in [0.4, 0.5) is 0 Å². The van der Waals surface area contributed by atoms with Crippen LogP contribution in [-0.2, 0) is 7.05 Å². The Morgan fingerprint density at radius 2 is 2.33 bits per heavy atom. The first-order chi connectivity index (χ1) is 8.63. The zero-order valence-electron chi connectivity index (χ0n) is 11.0. The number of carbonyl (C=O) groups is 1. The van der Waals surface area contributed by atoms with Crippen molar-refractivity contribution < 1.29 is 4.79 Å². The van der Waals surface area contributed by atoms with Crippen LogP contribution in [0.3, 0.4) is 0 Å². The van der Waals surface area contributed by atoms with E-state index in [0.29, 0.717) is 6.04 Å². The molecule has 0 unspecified atom stereocenters. The molecule has 0 N–H and O–H groups in total. The van der Waals surface area contributed by atoms with E-state index in [2.05, 4.69) is 21.0 Å². The summed E-state index contributed by atoms with van der Waals surface area (Å²) in [4.78, 5) is 14.6. The maximum atomic E-state index is 12.6. The molecule has 1 aliphatic rings. The summed E-state index contributed by atoms with van der Waals surface area (Å²) in [5.41, 5.74) is 1.57. The lowest BCUT2D eigenvalue weighted by Gasteiger charge is -2.37. The van der Waals surface area contributed by atoms with Crippen LogP contribution in [0.25, 0.3) is 0 Å². The van der Waals surface area contributed by atoms with E-state index in [-0.39, 0.29) is 5.91 Å². The monoisotopic (exact) mass is 313 g/mol. The molecule has 18 heavy (non-hydrogen) atoms. The second kappa shape index (κ2) is 5.87. The van der Waals surface area contributed by atoms with Crippen molar-refractivity contribution in [2.75, 3.05) is 11.9 Å². The van der Waals surface area contributed by atoms with E-state index < -0.39 is 0 Å². The number of carbonyl (C=O) groups excluding carboxylic acids is 1. The first kappa shape index (κ1) is 13.6. The molecular formula is C13H20BrN3O. The van der Waals surface area contributed by atoms with E-state index in [1.165, 1.54) is 6.42 Å². The Hall–Kier alpha value is -0.840. The van der Waals surface area contributed by atoms with Gasteiger partial charge < -0.3 is 4.90 Å². The summed E-state index contributed by atoms with van der Waals surface area (Å²) >= 11 is 3.44. The molecule has 0 radical (unpaired) electrons. The highest BCUT2D eigenvalue weighted by Crippen LogP contribution is 2.27. The third-order valence-electron chi connectivity index (χ3n) is 3.55. The van der Waals surface area contributed by atoms with Crippen LogP contribution in [0.5, 0.6) is 0 Å². The first-order valence-corrected chi connectivity index (χ1v) is 7.63. The fourth-order valence-electron chi connectivity index (χ4n) is 2.34. The van der Waals surface area contributed by atoms with E-state index in [0.717, 1.165) is 42.4 Å². The van der Waals surface area contributed by atoms with Gasteiger partial charge in [0.05, 0.1) is 11.3 Å². The standard InChI is InChI=1S/C13H20BrN3O/c1-10-12(9-16(2)15-10)13(18)17(8-4-7-14)11-5-3-6-11/h9,11H,3-8H2,1-2H3. The van der Waals surface area contributed by atoms with E-state index in [1.54, 1.807) is 4.68 Å². The summed E-state index contributed by atoms with van der Waals surface area (Å²) < 4.78 is 1.71. The molecule has 0 bridgehead atoms. The fraction of sp³-hybridized carbons (Fsp3) is 0.692. The van der Waals surface area contributed by atoms with Gasteiger partial charge in [0.25, 0.3) is 5.91 Å². The van der Waals surface area contributed by atoms with Crippen LogP contribution in [0.1, 0.15) is 41.7 Å². The molecule has 1 aliphatic carbocycles. The molecule has 2 rings (SSSR count). The molecule has 1 amide bonds. The minimum absolute atomic E-state index is 0.145. The third kappa shape index (κ3) is 2.76. The number of amides is 1. The van der Waals surface area contributed by atoms with E-state index in [4.69, 9.17) is 0 Å². The lowest BCUT2D eigenvalue weighted by Crippen LogP contribution is -2.45. The molecule has 0 saturated heterocycles. The number of hydrogen-bond donors (Lipinski definition) is 0. The summed E-state index contributed by atoms with van der Waals surface area (Å²) in [6.45, 7) is 2.74. The van der Waals surface area contributed by atoms with E-state index in [9.17, 15) is 4.79 Å². The van der Waals surface area contributed by atoms with Crippen molar-refractivity contribution in [3.63, 3.8) is 0 Å². The Morgan fingerprint density at radius 1 is 1.61 bits per heavy atom. The van der Waals surface area contributed by atoms with Crippen molar-refractivity contribution in [3.05, 3.63) is 17.5 Å². The van der Waals surface area contributed by atoms with Crippen LogP contribution in [0.2, 0.25) is 0 Å². The average Bonchev–Trinajstić information content (AvgIpc) is 2.60. The van der Waals surface area contributed by atoms with Crippen LogP contribution in [-0.4, -0.2) is 38.5 Å². The maximum Gasteiger partial charge on any atom is 0.257 e. The summed E-state index contributed by atoms with van der Waals surface area (Å²) in [6.07, 6.45) is 6.37. The molecule has 1 saturated carbocycles. The quantitative estimate of drug-likeness (QED) is 0.783. The second-order valence-corrected chi connectivity index (χ2v) is 5.72. The normalized spacial score (nSPS) is 15.5. The molecule has 5 heteroatoms. The van der Waals surface area contributed by atoms with Gasteiger partial charge in [-0.1, -0.05) is 15.9 Å². The average molecular weight is 314 g/mol. The number of aromatic nitrogens is 2. The predicted molar refractivity (Wildman–Crippen MR) is 75.0 cm³/mol. The smallest absolute Gasteiger partial charge is 0.257 e. The van der Waals surface area contributed by atoms with Crippen LogP contribution in [0.15, 0.2) is 6.20 Å². The molecule has 1 fully saturated rings. The van der Waals surface area contributed by atoms with Gasteiger partial charge in [-0.05, 0) is 32.6 Å². The third-order valence-corrected chi connectivity index (χ3v) is 4.11. The highest BCUT2D eigenvalue weighted by molar-refractivity contribution is 9.09. The van der Waals surface area contributed by atoms with Gasteiger partial charge in [-0.3, -0.25) is 9.48 Å². The lowest BCUT2D eigenvalue weighted by atomic mass is 9.91. The van der Waals surface area contributed by atoms with Crippen molar-refractivity contribution in [1.29, 1.82) is 0 Å². The van der Waals surface area contributed by atoms with Crippen molar-refractivity contribution >= 4 is 21.8 Å². The Morgan fingerprint density at radius 3 is 2.78 bits per heavy atom. The minimum Gasteiger partial charge on any atom is -0.336 e. The Labute approximate surface area is 116 Å². The molecule has 100 valence electrons. The number of hydrogen-bond acceptors (Lipinski definition) is 2. The largest absolute Gasteiger partial charge is 0.336 e. The second-order valence-electron chi connectivity index (χ2n) is 4.93. The Balaban J connectivity index is 2.13. The number of rotatable bonds is 5. The van der Waals surface area contributed by atoms with E-state index >= 15 is 0 Å². The fourth-order valence-corrected chi connectivity index (χ4v) is 2.59. The first-order valence-electron chi connectivity index (χ1n) is 6.50. The number of nitrogens with zero attached hydrogens (tertiary/aromatic N) is 3. The summed E-state index contributed by atoms with van der Waals surface area (Å²) in [7, 11) is 1.86. The van der Waals surface area contributed by atoms with Crippen LogP contribution >= 0.6 is 15.9 Å². The molecule has 0 spiro atoms. The lowest BCUT2D eigenvalue weighted by molar-refractivity contribution is 0.0580. The summed E-state index contributed by atoms with van der Waals surface area (Å²) in [6, 6.07) is 0.441. The highest BCUT2D eigenvalue weighted by Gasteiger charge is 2.30. The van der Waals surface area contributed by atoms with Crippen molar-refractivity contribution in [2.45, 2.75) is 38.6 Å². The van der Waals surface area contributed by atoms with Crippen molar-refractivity contribution in [3.8, 4) is 0 Å². The van der Waals surface area contributed by atoms with Crippen molar-refractivity contribution in [1.82, 2.24) is 14.7 Å². The molecule has 0 atom stereocenters. The highest BCUT2D eigenvalue weighted by atomic mass is 79.9. The zero-order valence-corrected chi connectivity index (χ0v) is 12.6. The molecule has 0 aliphatic heterocycles. The number of alkyl halides is 1. The van der Waals surface area contributed by atoms with Crippen molar-refractivity contribution in [2.24, 2.45) is 7.05 Å². The van der Waals surface area contributed by atoms with Gasteiger partial charge in [-0.2, -0.15) is 5.10 Å². The SMILES string of the molecule is Cc1nn(C)cc1C(=O)N(CCCBr)C1CCC1. The topological polar surface area (TPSA) is 38.1 Å². The Bertz CT molecular complexity index is 426. The molecule has 1 heterocycles. The van der Waals surface area contributed by atoms with Gasteiger partial charge in [0.2, 0.25) is 0 Å². The minimum atomic E-state index is 0.145. The van der Waals surface area contributed by atoms with Gasteiger partial charge in [-0.15, -0.1) is 0 Å². The van der Waals surface area contributed by atoms with E-state index in [1.807, 2.05) is 25.1 Å². The number of aryl methyl sites for hydroxylation is 2. The molecule has 1 aromatic rings. The molecule has 4 nitrogen and oxygen atoms in total. The molecule has 1 aromatic heterocycles.